The zero-order valence-corrected chi connectivity index (χ0v) is 20.0. The van der Waals surface area contributed by atoms with Crippen molar-refractivity contribution in [2.45, 2.75) is 26.4 Å². The van der Waals surface area contributed by atoms with Gasteiger partial charge in [0.25, 0.3) is 5.91 Å². The molecule has 0 saturated heterocycles. The third-order valence-electron chi connectivity index (χ3n) is 5.35. The van der Waals surface area contributed by atoms with E-state index in [-0.39, 0.29) is 5.91 Å². The lowest BCUT2D eigenvalue weighted by Crippen LogP contribution is -2.38. The van der Waals surface area contributed by atoms with Crippen LogP contribution in [0.2, 0.25) is 0 Å². The molecule has 2 aromatic carbocycles. The van der Waals surface area contributed by atoms with Gasteiger partial charge in [-0.1, -0.05) is 30.3 Å². The molecule has 33 heavy (non-hydrogen) atoms. The van der Waals surface area contributed by atoms with Gasteiger partial charge in [-0.2, -0.15) is 0 Å². The zero-order valence-electron chi connectivity index (χ0n) is 20.0. The van der Waals surface area contributed by atoms with Crippen LogP contribution in [0.3, 0.4) is 0 Å². The normalized spacial score (nSPS) is 11.7. The second kappa shape index (κ2) is 12.6. The molecular weight excluding hydrogens is 412 g/mol. The third-order valence-corrected chi connectivity index (χ3v) is 5.35. The van der Waals surface area contributed by atoms with Crippen LogP contribution in [0.5, 0.6) is 0 Å². The highest BCUT2D eigenvalue weighted by atomic mass is 16.1. The van der Waals surface area contributed by atoms with Gasteiger partial charge in [0.1, 0.15) is 0 Å². The molecule has 0 bridgehead atoms. The van der Waals surface area contributed by atoms with Crippen LogP contribution in [-0.2, 0) is 13.1 Å². The molecule has 1 amide bonds. The summed E-state index contributed by atoms with van der Waals surface area (Å²) in [4.78, 5) is 19.1. The molecule has 0 aliphatic rings. The number of nitrogens with one attached hydrogen (secondary N) is 3. The molecule has 7 nitrogen and oxygen atoms in total. The van der Waals surface area contributed by atoms with Crippen molar-refractivity contribution < 1.29 is 4.79 Å². The predicted octanol–water partition coefficient (Wildman–Crippen LogP) is 3.08. The first-order valence-electron chi connectivity index (χ1n) is 11.6. The van der Waals surface area contributed by atoms with Crippen molar-refractivity contribution >= 4 is 22.8 Å². The number of para-hydroxylation sites is 1. The van der Waals surface area contributed by atoms with Gasteiger partial charge < -0.3 is 25.4 Å². The van der Waals surface area contributed by atoms with Crippen LogP contribution >= 0.6 is 0 Å². The van der Waals surface area contributed by atoms with E-state index in [2.05, 4.69) is 64.0 Å². The van der Waals surface area contributed by atoms with Crippen LogP contribution in [0.1, 0.15) is 29.3 Å². The summed E-state index contributed by atoms with van der Waals surface area (Å²) in [6, 6.07) is 18.3. The summed E-state index contributed by atoms with van der Waals surface area (Å²) in [5, 5.41) is 10.9. The molecule has 0 unspecified atom stereocenters. The number of aliphatic imine (C=N–C) groups is 1. The number of nitrogens with zero attached hydrogens (tertiary/aromatic N) is 3. The van der Waals surface area contributed by atoms with Gasteiger partial charge in [-0.3, -0.25) is 4.79 Å². The van der Waals surface area contributed by atoms with E-state index >= 15 is 0 Å². The second-order valence-corrected chi connectivity index (χ2v) is 8.30. The van der Waals surface area contributed by atoms with Crippen molar-refractivity contribution in [2.24, 2.45) is 4.99 Å². The van der Waals surface area contributed by atoms with E-state index < -0.39 is 0 Å². The molecule has 3 rings (SSSR count). The number of hydrogen-bond donors (Lipinski definition) is 3. The Labute approximate surface area is 196 Å². The summed E-state index contributed by atoms with van der Waals surface area (Å²) in [6.45, 7) is 6.58. The van der Waals surface area contributed by atoms with Gasteiger partial charge in [-0.05, 0) is 62.7 Å². The fourth-order valence-electron chi connectivity index (χ4n) is 3.61. The monoisotopic (exact) mass is 448 g/mol. The van der Waals surface area contributed by atoms with E-state index in [0.29, 0.717) is 18.7 Å². The quantitative estimate of drug-likeness (QED) is 0.239. The van der Waals surface area contributed by atoms with Crippen molar-refractivity contribution in [1.29, 1.82) is 0 Å². The second-order valence-electron chi connectivity index (χ2n) is 8.30. The SMILES string of the molecule is CCNC(=NCc1cccc(C(=O)NCCN(C)C)c1)NCCCn1ccc2ccccc21. The predicted molar refractivity (Wildman–Crippen MR) is 137 cm³/mol. The van der Waals surface area contributed by atoms with Crippen LogP contribution in [0.15, 0.2) is 65.8 Å². The Morgan fingerprint density at radius 3 is 2.67 bits per heavy atom. The molecule has 0 radical (unpaired) electrons. The number of likely N-dealkylation sites (N-methyl/N-ethyl adjacent to an activating group) is 1. The van der Waals surface area contributed by atoms with Gasteiger partial charge >= 0.3 is 0 Å². The largest absolute Gasteiger partial charge is 0.357 e. The molecule has 1 aromatic heterocycles. The van der Waals surface area contributed by atoms with Crippen LogP contribution in [0.4, 0.5) is 0 Å². The molecule has 1 heterocycles. The molecule has 0 saturated carbocycles. The van der Waals surface area contributed by atoms with Gasteiger partial charge in [0.05, 0.1) is 6.54 Å². The lowest BCUT2D eigenvalue weighted by atomic mass is 10.1. The number of amides is 1. The minimum Gasteiger partial charge on any atom is -0.357 e. The summed E-state index contributed by atoms with van der Waals surface area (Å²) < 4.78 is 2.29. The Morgan fingerprint density at radius 1 is 1.00 bits per heavy atom. The topological polar surface area (TPSA) is 73.7 Å². The van der Waals surface area contributed by atoms with E-state index in [1.54, 1.807) is 0 Å². The Hall–Kier alpha value is -3.32. The molecule has 0 fully saturated rings. The maximum atomic E-state index is 12.4. The molecule has 3 N–H and O–H groups in total. The van der Waals surface area contributed by atoms with E-state index in [1.165, 1.54) is 10.9 Å². The van der Waals surface area contributed by atoms with Crippen molar-refractivity contribution in [3.05, 3.63) is 71.9 Å². The summed E-state index contributed by atoms with van der Waals surface area (Å²) in [7, 11) is 3.98. The first-order chi connectivity index (χ1) is 16.1. The number of guanidine groups is 1. The van der Waals surface area contributed by atoms with Crippen LogP contribution < -0.4 is 16.0 Å². The van der Waals surface area contributed by atoms with Crippen LogP contribution in [0, 0.1) is 0 Å². The summed E-state index contributed by atoms with van der Waals surface area (Å²) in [6.07, 6.45) is 3.14. The van der Waals surface area contributed by atoms with Crippen molar-refractivity contribution in [3.63, 3.8) is 0 Å². The van der Waals surface area contributed by atoms with Gasteiger partial charge in [-0.15, -0.1) is 0 Å². The van der Waals surface area contributed by atoms with E-state index in [4.69, 9.17) is 4.99 Å². The molecule has 0 aliphatic heterocycles. The molecule has 0 spiro atoms. The number of aryl methyl sites for hydroxylation is 1. The average Bonchev–Trinajstić information content (AvgIpc) is 3.23. The maximum absolute atomic E-state index is 12.4. The number of rotatable bonds is 11. The smallest absolute Gasteiger partial charge is 0.251 e. The lowest BCUT2D eigenvalue weighted by Gasteiger charge is -2.12. The van der Waals surface area contributed by atoms with Crippen molar-refractivity contribution in [1.82, 2.24) is 25.4 Å². The number of carbonyl (C=O) groups excluding carboxylic acids is 1. The number of carbonyl (C=O) groups is 1. The fraction of sp³-hybridized carbons (Fsp3) is 0.385. The average molecular weight is 449 g/mol. The first kappa shape index (κ1) is 24.3. The highest BCUT2D eigenvalue weighted by molar-refractivity contribution is 5.94. The number of hydrogen-bond acceptors (Lipinski definition) is 3. The van der Waals surface area contributed by atoms with Gasteiger partial charge in [-0.25, -0.2) is 4.99 Å². The van der Waals surface area contributed by atoms with Crippen LogP contribution in [0.25, 0.3) is 10.9 Å². The molecule has 176 valence electrons. The molecule has 0 aliphatic carbocycles. The van der Waals surface area contributed by atoms with Gasteiger partial charge in [0, 0.05) is 50.0 Å². The summed E-state index contributed by atoms with van der Waals surface area (Å²) in [5.41, 5.74) is 2.94. The first-order valence-corrected chi connectivity index (χ1v) is 11.6. The molecule has 0 atom stereocenters. The van der Waals surface area contributed by atoms with E-state index in [1.807, 2.05) is 43.3 Å². The molecular formula is C26H36N6O. The van der Waals surface area contributed by atoms with Crippen molar-refractivity contribution in [3.8, 4) is 0 Å². The minimum absolute atomic E-state index is 0.0507. The molecule has 3 aromatic rings. The van der Waals surface area contributed by atoms with Gasteiger partial charge in [0.2, 0.25) is 0 Å². The summed E-state index contributed by atoms with van der Waals surface area (Å²) in [5.74, 6) is 0.737. The van der Waals surface area contributed by atoms with Crippen LogP contribution in [-0.4, -0.2) is 61.6 Å². The maximum Gasteiger partial charge on any atom is 0.251 e. The lowest BCUT2D eigenvalue weighted by molar-refractivity contribution is 0.0951. The summed E-state index contributed by atoms with van der Waals surface area (Å²) >= 11 is 0. The van der Waals surface area contributed by atoms with Gasteiger partial charge in [0.15, 0.2) is 5.96 Å². The fourth-order valence-corrected chi connectivity index (χ4v) is 3.61. The Bertz CT molecular complexity index is 1060. The Morgan fingerprint density at radius 2 is 1.85 bits per heavy atom. The minimum atomic E-state index is -0.0507. The van der Waals surface area contributed by atoms with Crippen molar-refractivity contribution in [2.75, 3.05) is 40.3 Å². The van der Waals surface area contributed by atoms with E-state index in [0.717, 1.165) is 44.1 Å². The number of fused-ring (bicyclic) bond motifs is 1. The number of aromatic nitrogens is 1. The third kappa shape index (κ3) is 7.64. The molecule has 7 heteroatoms. The highest BCUT2D eigenvalue weighted by Gasteiger charge is 2.06. The standard InChI is InChI=1S/C26H36N6O/c1-4-27-26(29-14-8-16-32-17-13-22-10-5-6-12-24(22)32)30-20-21-9-7-11-23(19-21)25(33)28-15-18-31(2)3/h5-7,9-13,17,19H,4,8,14-16,18,20H2,1-3H3,(H,28,33)(H2,27,29,30). The van der Waals surface area contributed by atoms with E-state index in [9.17, 15) is 4.79 Å². The number of benzene rings is 2. The Kier molecular flexibility index (Phi) is 9.32. The highest BCUT2D eigenvalue weighted by Crippen LogP contribution is 2.15. The zero-order chi connectivity index (χ0) is 23.5. The Balaban J connectivity index is 1.50.